The van der Waals surface area contributed by atoms with E-state index < -0.39 is 24.3 Å². The molecule has 9 nitrogen and oxygen atoms in total. The molecule has 0 aliphatic heterocycles. The van der Waals surface area contributed by atoms with Gasteiger partial charge in [-0.2, -0.15) is 0 Å². The van der Waals surface area contributed by atoms with Gasteiger partial charge in [-0.3, -0.25) is 9.59 Å². The number of unbranched alkanes of at least 4 members (excludes halogenated alkanes) is 37. The van der Waals surface area contributed by atoms with E-state index in [2.05, 4.69) is 50.3 Å². The molecule has 0 fully saturated rings. The monoisotopic (exact) mass is 1030 g/mol. The summed E-state index contributed by atoms with van der Waals surface area (Å²) in [4.78, 5) is 37.5. The SMILES string of the molecule is CCCCCCC/C=C\C/C=C\C/C=C\CCCCCCCCC(=O)OC(COC(=O)CCCCCCCCCCCCCCCCCCCCCCCCCCCCC)COC(OCC[N+](C)(C)C)C(=O)O. The van der Waals surface area contributed by atoms with Crippen LogP contribution in [-0.4, -0.2) is 87.4 Å². The number of nitrogens with zero attached hydrogens (tertiary/aromatic N) is 1. The molecule has 0 aliphatic rings. The molecule has 0 heterocycles. The fraction of sp³-hybridized carbons (Fsp3) is 0.859. The van der Waals surface area contributed by atoms with Gasteiger partial charge in [0.25, 0.3) is 6.29 Å². The number of hydrogen-bond acceptors (Lipinski definition) is 7. The van der Waals surface area contributed by atoms with Crippen molar-refractivity contribution in [3.05, 3.63) is 36.5 Å². The average molecular weight is 1030 g/mol. The lowest BCUT2D eigenvalue weighted by atomic mass is 10.0. The summed E-state index contributed by atoms with van der Waals surface area (Å²) in [5, 5.41) is 9.71. The molecule has 2 atom stereocenters. The number of hydrogen-bond donors (Lipinski definition) is 1. The Morgan fingerprint density at radius 2 is 0.740 bits per heavy atom. The molecule has 73 heavy (non-hydrogen) atoms. The average Bonchev–Trinajstić information content (AvgIpc) is 3.36. The molecule has 0 rings (SSSR count). The smallest absolute Gasteiger partial charge is 0.361 e. The van der Waals surface area contributed by atoms with Crippen molar-refractivity contribution in [3.63, 3.8) is 0 Å². The van der Waals surface area contributed by atoms with Crippen molar-refractivity contribution in [1.29, 1.82) is 0 Å². The van der Waals surface area contributed by atoms with Crippen molar-refractivity contribution >= 4 is 17.9 Å². The number of carbonyl (C=O) groups excluding carboxylic acids is 2. The lowest BCUT2D eigenvalue weighted by molar-refractivity contribution is -0.870. The topological polar surface area (TPSA) is 108 Å². The molecule has 428 valence electrons. The van der Waals surface area contributed by atoms with Gasteiger partial charge in [0.15, 0.2) is 6.10 Å². The summed E-state index contributed by atoms with van der Waals surface area (Å²) < 4.78 is 22.9. The highest BCUT2D eigenvalue weighted by atomic mass is 16.7. The maximum Gasteiger partial charge on any atom is 0.361 e. The van der Waals surface area contributed by atoms with Gasteiger partial charge in [-0.25, -0.2) is 4.79 Å². The van der Waals surface area contributed by atoms with Crippen molar-refractivity contribution in [1.82, 2.24) is 0 Å². The third-order valence-electron chi connectivity index (χ3n) is 13.9. The normalized spacial score (nSPS) is 12.9. The Labute approximate surface area is 451 Å². The standard InChI is InChI=1S/C64H119NO8/c1-6-8-10-12-14-16-18-20-22-24-26-28-29-30-31-32-33-35-36-38-40-42-44-46-48-50-52-54-61(66)71-58-60(59-72-64(63(68)69)70-57-56-65(3,4)5)73-62(67)55-53-51-49-47-45-43-41-39-37-34-27-25-23-21-19-17-15-13-11-9-7-2/h19,21,25,27,37,39,60,64H,6-18,20,22-24,26,28-36,38,40-59H2,1-5H3/p+1/b21-19-,27-25-,39-37-. The maximum atomic E-state index is 12.9. The summed E-state index contributed by atoms with van der Waals surface area (Å²) in [6.45, 7) is 4.90. The first-order valence-corrected chi connectivity index (χ1v) is 31.2. The van der Waals surface area contributed by atoms with Crippen molar-refractivity contribution in [3.8, 4) is 0 Å². The van der Waals surface area contributed by atoms with Crippen molar-refractivity contribution in [2.24, 2.45) is 0 Å². The molecule has 0 aromatic carbocycles. The number of carboxylic acids is 1. The number of esters is 2. The Kier molecular flexibility index (Phi) is 53.8. The van der Waals surface area contributed by atoms with E-state index in [1.807, 2.05) is 21.1 Å². The number of allylic oxidation sites excluding steroid dienone is 6. The van der Waals surface area contributed by atoms with Gasteiger partial charge in [-0.15, -0.1) is 0 Å². The van der Waals surface area contributed by atoms with Crippen LogP contribution >= 0.6 is 0 Å². The third kappa shape index (κ3) is 57.1. The minimum absolute atomic E-state index is 0.184. The van der Waals surface area contributed by atoms with Gasteiger partial charge >= 0.3 is 17.9 Å². The fourth-order valence-corrected chi connectivity index (χ4v) is 9.08. The van der Waals surface area contributed by atoms with Gasteiger partial charge in [0, 0.05) is 12.8 Å². The minimum Gasteiger partial charge on any atom is -0.477 e. The van der Waals surface area contributed by atoms with Crippen molar-refractivity contribution < 1.29 is 42.9 Å². The second-order valence-corrected chi connectivity index (χ2v) is 22.4. The lowest BCUT2D eigenvalue weighted by Gasteiger charge is -2.25. The molecule has 0 bridgehead atoms. The van der Waals surface area contributed by atoms with E-state index in [0.717, 1.165) is 57.8 Å². The number of ether oxygens (including phenoxy) is 4. The summed E-state index contributed by atoms with van der Waals surface area (Å²) in [5.41, 5.74) is 0. The number of aliphatic carboxylic acids is 1. The predicted molar refractivity (Wildman–Crippen MR) is 309 cm³/mol. The van der Waals surface area contributed by atoms with Crippen LogP contribution in [-0.2, 0) is 33.3 Å². The lowest BCUT2D eigenvalue weighted by Crippen LogP contribution is -2.40. The summed E-state index contributed by atoms with van der Waals surface area (Å²) >= 11 is 0. The van der Waals surface area contributed by atoms with E-state index >= 15 is 0 Å². The van der Waals surface area contributed by atoms with Gasteiger partial charge in [-0.1, -0.05) is 269 Å². The largest absolute Gasteiger partial charge is 0.477 e. The van der Waals surface area contributed by atoms with Crippen LogP contribution in [0, 0.1) is 0 Å². The third-order valence-corrected chi connectivity index (χ3v) is 13.9. The Morgan fingerprint density at radius 1 is 0.411 bits per heavy atom. The van der Waals surface area contributed by atoms with Gasteiger partial charge in [0.05, 0.1) is 34.4 Å². The fourth-order valence-electron chi connectivity index (χ4n) is 9.08. The van der Waals surface area contributed by atoms with Gasteiger partial charge in [0.2, 0.25) is 0 Å². The Bertz CT molecular complexity index is 1290. The van der Waals surface area contributed by atoms with E-state index in [1.165, 1.54) is 205 Å². The summed E-state index contributed by atoms with van der Waals surface area (Å²) in [6, 6.07) is 0. The molecule has 0 spiro atoms. The first kappa shape index (κ1) is 70.5. The zero-order valence-corrected chi connectivity index (χ0v) is 48.8. The number of quaternary nitrogens is 1. The van der Waals surface area contributed by atoms with Gasteiger partial charge < -0.3 is 28.5 Å². The van der Waals surface area contributed by atoms with Crippen LogP contribution < -0.4 is 0 Å². The molecule has 0 aliphatic carbocycles. The molecule has 0 saturated carbocycles. The second kappa shape index (κ2) is 55.7. The van der Waals surface area contributed by atoms with Crippen LogP contribution in [0.4, 0.5) is 0 Å². The van der Waals surface area contributed by atoms with Gasteiger partial charge in [-0.05, 0) is 51.4 Å². The van der Waals surface area contributed by atoms with Crippen molar-refractivity contribution in [2.75, 3.05) is 47.5 Å². The van der Waals surface area contributed by atoms with Gasteiger partial charge in [0.1, 0.15) is 13.2 Å². The van der Waals surface area contributed by atoms with Crippen molar-refractivity contribution in [2.45, 2.75) is 309 Å². The van der Waals surface area contributed by atoms with Crippen LogP contribution in [0.3, 0.4) is 0 Å². The molecule has 2 unspecified atom stereocenters. The van der Waals surface area contributed by atoms with Crippen LogP contribution in [0.25, 0.3) is 0 Å². The van der Waals surface area contributed by atoms with E-state index in [9.17, 15) is 19.5 Å². The minimum atomic E-state index is -1.51. The summed E-state index contributed by atoms with van der Waals surface area (Å²) in [7, 11) is 5.97. The first-order valence-electron chi connectivity index (χ1n) is 31.2. The molecular formula is C64H120NO8+. The van der Waals surface area contributed by atoms with Crippen LogP contribution in [0.1, 0.15) is 296 Å². The second-order valence-electron chi connectivity index (χ2n) is 22.4. The van der Waals surface area contributed by atoms with E-state index in [4.69, 9.17) is 18.9 Å². The Balaban J connectivity index is 4.17. The van der Waals surface area contributed by atoms with Crippen LogP contribution in [0.15, 0.2) is 36.5 Å². The maximum absolute atomic E-state index is 12.9. The van der Waals surface area contributed by atoms with E-state index in [0.29, 0.717) is 23.9 Å². The number of likely N-dealkylation sites (N-methyl/N-ethyl adjacent to an activating group) is 1. The number of carboxylic acid groups (broad SMARTS) is 1. The zero-order valence-electron chi connectivity index (χ0n) is 48.8. The number of carbonyl (C=O) groups is 3. The summed E-state index contributed by atoms with van der Waals surface area (Å²) in [6.07, 6.45) is 65.2. The Hall–Kier alpha value is -2.49. The van der Waals surface area contributed by atoms with Crippen LogP contribution in [0.2, 0.25) is 0 Å². The van der Waals surface area contributed by atoms with Crippen LogP contribution in [0.5, 0.6) is 0 Å². The molecule has 0 saturated heterocycles. The molecule has 0 radical (unpaired) electrons. The van der Waals surface area contributed by atoms with E-state index in [-0.39, 0.29) is 32.2 Å². The first-order chi connectivity index (χ1) is 35.6. The molecular weight excluding hydrogens is 911 g/mol. The summed E-state index contributed by atoms with van der Waals surface area (Å²) in [5.74, 6) is -2.00. The van der Waals surface area contributed by atoms with E-state index in [1.54, 1.807) is 0 Å². The molecule has 0 aromatic heterocycles. The Morgan fingerprint density at radius 3 is 1.10 bits per heavy atom. The number of rotatable bonds is 58. The predicted octanol–water partition coefficient (Wildman–Crippen LogP) is 18.5. The highest BCUT2D eigenvalue weighted by Gasteiger charge is 2.25. The zero-order chi connectivity index (χ0) is 53.4. The molecule has 1 N–H and O–H groups in total. The quantitative estimate of drug-likeness (QED) is 0.0211. The molecule has 0 amide bonds. The highest BCUT2D eigenvalue weighted by Crippen LogP contribution is 2.18. The molecule has 9 heteroatoms. The molecule has 0 aromatic rings. The highest BCUT2D eigenvalue weighted by molar-refractivity contribution is 5.71.